The molecule has 0 unspecified atom stereocenters. The minimum absolute atomic E-state index is 0.0241. The Hall–Kier alpha value is -2.78. The van der Waals surface area contributed by atoms with Crippen LogP contribution in [0.5, 0.6) is 17.2 Å². The van der Waals surface area contributed by atoms with Gasteiger partial charge in [0, 0.05) is 12.6 Å². The van der Waals surface area contributed by atoms with Crippen molar-refractivity contribution in [3.8, 4) is 17.2 Å². The molecule has 0 spiro atoms. The third-order valence-corrected chi connectivity index (χ3v) is 6.00. The van der Waals surface area contributed by atoms with Crippen LogP contribution in [0.4, 0.5) is 0 Å². The predicted molar refractivity (Wildman–Crippen MR) is 107 cm³/mol. The molecule has 156 valence electrons. The summed E-state index contributed by atoms with van der Waals surface area (Å²) < 4.78 is 44.7. The molecule has 2 aromatic carbocycles. The lowest BCUT2D eigenvalue weighted by Crippen LogP contribution is -2.28. The largest absolute Gasteiger partial charge is 0.496 e. The molecule has 8 nitrogen and oxygen atoms in total. The van der Waals surface area contributed by atoms with Gasteiger partial charge in [0.05, 0.1) is 17.6 Å². The molecule has 9 heteroatoms. The normalized spacial score (nSPS) is 14.2. The van der Waals surface area contributed by atoms with Crippen molar-refractivity contribution < 1.29 is 27.4 Å². The second-order valence-corrected chi connectivity index (χ2v) is 8.18. The lowest BCUT2D eigenvalue weighted by atomic mass is 10.1. The minimum atomic E-state index is -3.88. The highest BCUT2D eigenvalue weighted by molar-refractivity contribution is 7.89. The molecule has 1 aliphatic heterocycles. The van der Waals surface area contributed by atoms with Crippen LogP contribution in [0, 0.1) is 0 Å². The summed E-state index contributed by atoms with van der Waals surface area (Å²) in [5, 5.41) is 2.65. The number of sulfonamides is 1. The molecule has 3 rings (SSSR count). The van der Waals surface area contributed by atoms with Crippen molar-refractivity contribution >= 4 is 15.9 Å². The minimum Gasteiger partial charge on any atom is -0.496 e. The number of rotatable bonds is 7. The zero-order valence-corrected chi connectivity index (χ0v) is 17.3. The molecular weight excluding hydrogens is 396 g/mol. The van der Waals surface area contributed by atoms with Crippen molar-refractivity contribution in [3.63, 3.8) is 0 Å². The first-order valence-corrected chi connectivity index (χ1v) is 10.7. The monoisotopic (exact) mass is 420 g/mol. The molecule has 1 heterocycles. The van der Waals surface area contributed by atoms with Crippen LogP contribution in [0.2, 0.25) is 0 Å². The van der Waals surface area contributed by atoms with Crippen molar-refractivity contribution in [3.05, 3.63) is 47.5 Å². The van der Waals surface area contributed by atoms with Gasteiger partial charge in [-0.15, -0.1) is 0 Å². The number of benzene rings is 2. The van der Waals surface area contributed by atoms with Crippen LogP contribution in [0.3, 0.4) is 0 Å². The Bertz CT molecular complexity index is 1010. The first kappa shape index (κ1) is 20.9. The molecule has 0 aliphatic carbocycles. The molecule has 0 bridgehead atoms. The Kier molecular flexibility index (Phi) is 6.29. The SMILES string of the molecule is CCNC(=O)c1cc(S(=O)(=O)N[C@@H](C)c2ccc3c(c2)OCCO3)ccc1OC. The Balaban J connectivity index is 1.85. The number of methoxy groups -OCH3 is 1. The fourth-order valence-corrected chi connectivity index (χ4v) is 4.24. The van der Waals surface area contributed by atoms with E-state index >= 15 is 0 Å². The Morgan fingerprint density at radius 2 is 1.86 bits per heavy atom. The van der Waals surface area contributed by atoms with E-state index in [9.17, 15) is 13.2 Å². The van der Waals surface area contributed by atoms with Gasteiger partial charge in [-0.05, 0) is 49.7 Å². The first-order chi connectivity index (χ1) is 13.9. The second-order valence-electron chi connectivity index (χ2n) is 6.47. The van der Waals surface area contributed by atoms with Crippen molar-refractivity contribution in [2.45, 2.75) is 24.8 Å². The summed E-state index contributed by atoms with van der Waals surface area (Å²) in [7, 11) is -2.46. The lowest BCUT2D eigenvalue weighted by Gasteiger charge is -2.21. The van der Waals surface area contributed by atoms with Gasteiger partial charge >= 0.3 is 0 Å². The third kappa shape index (κ3) is 4.63. The van der Waals surface area contributed by atoms with Crippen molar-refractivity contribution in [1.29, 1.82) is 0 Å². The predicted octanol–water partition coefficient (Wildman–Crippen LogP) is 2.26. The number of hydrogen-bond donors (Lipinski definition) is 2. The average molecular weight is 420 g/mol. The van der Waals surface area contributed by atoms with Gasteiger partial charge in [-0.1, -0.05) is 6.07 Å². The smallest absolute Gasteiger partial charge is 0.255 e. The van der Waals surface area contributed by atoms with E-state index in [0.29, 0.717) is 37.0 Å². The quantitative estimate of drug-likeness (QED) is 0.712. The number of carbonyl (C=O) groups excluding carboxylic acids is 1. The Morgan fingerprint density at radius 3 is 2.55 bits per heavy atom. The van der Waals surface area contributed by atoms with Crippen molar-refractivity contribution in [1.82, 2.24) is 10.0 Å². The van der Waals surface area contributed by atoms with E-state index in [4.69, 9.17) is 14.2 Å². The average Bonchev–Trinajstić information content (AvgIpc) is 2.72. The topological polar surface area (TPSA) is 103 Å². The summed E-state index contributed by atoms with van der Waals surface area (Å²) in [4.78, 5) is 12.2. The summed E-state index contributed by atoms with van der Waals surface area (Å²) >= 11 is 0. The fourth-order valence-electron chi connectivity index (χ4n) is 2.99. The first-order valence-electron chi connectivity index (χ1n) is 9.24. The maximum atomic E-state index is 12.9. The van der Waals surface area contributed by atoms with Gasteiger partial charge in [-0.2, -0.15) is 0 Å². The van der Waals surface area contributed by atoms with Crippen LogP contribution in [0.25, 0.3) is 0 Å². The highest BCUT2D eigenvalue weighted by Crippen LogP contribution is 2.33. The van der Waals surface area contributed by atoms with Gasteiger partial charge in [0.25, 0.3) is 5.91 Å². The van der Waals surface area contributed by atoms with Crippen LogP contribution in [0.1, 0.15) is 35.8 Å². The van der Waals surface area contributed by atoms with E-state index in [0.717, 1.165) is 5.56 Å². The molecule has 2 N–H and O–H groups in total. The zero-order valence-electron chi connectivity index (χ0n) is 16.5. The highest BCUT2D eigenvalue weighted by atomic mass is 32.2. The fraction of sp³-hybridized carbons (Fsp3) is 0.350. The van der Waals surface area contributed by atoms with Gasteiger partial charge in [-0.25, -0.2) is 13.1 Å². The molecule has 1 aliphatic rings. The van der Waals surface area contributed by atoms with Gasteiger partial charge < -0.3 is 19.5 Å². The Morgan fingerprint density at radius 1 is 1.14 bits per heavy atom. The van der Waals surface area contributed by atoms with Gasteiger partial charge in [0.15, 0.2) is 11.5 Å². The highest BCUT2D eigenvalue weighted by Gasteiger charge is 2.23. The molecular formula is C20H24N2O6S. The van der Waals surface area contributed by atoms with E-state index in [1.807, 2.05) is 0 Å². The third-order valence-electron chi connectivity index (χ3n) is 4.46. The van der Waals surface area contributed by atoms with Crippen LogP contribution >= 0.6 is 0 Å². The summed E-state index contributed by atoms with van der Waals surface area (Å²) in [5.41, 5.74) is 0.888. The molecule has 0 saturated carbocycles. The maximum absolute atomic E-state index is 12.9. The van der Waals surface area contributed by atoms with Crippen LogP contribution in [-0.2, 0) is 10.0 Å². The standard InChI is InChI=1S/C20H24N2O6S/c1-4-21-20(23)16-12-15(6-8-17(16)26-3)29(24,25)22-13(2)14-5-7-18-19(11-14)28-10-9-27-18/h5-8,11-13,22H,4,9-10H2,1-3H3,(H,21,23)/t13-/m0/s1. The van der Waals surface area contributed by atoms with Crippen molar-refractivity contribution in [2.24, 2.45) is 0 Å². The van der Waals surface area contributed by atoms with Crippen LogP contribution < -0.4 is 24.2 Å². The summed E-state index contributed by atoms with van der Waals surface area (Å²) in [6.07, 6.45) is 0. The summed E-state index contributed by atoms with van der Waals surface area (Å²) in [5.74, 6) is 1.12. The molecule has 0 radical (unpaired) electrons. The van der Waals surface area contributed by atoms with Gasteiger partial charge in [-0.3, -0.25) is 4.79 Å². The number of carbonyl (C=O) groups is 1. The van der Waals surface area contributed by atoms with E-state index in [2.05, 4.69) is 10.0 Å². The van der Waals surface area contributed by atoms with Gasteiger partial charge in [0.2, 0.25) is 10.0 Å². The van der Waals surface area contributed by atoms with Crippen LogP contribution in [-0.4, -0.2) is 41.2 Å². The van der Waals surface area contributed by atoms with E-state index in [-0.39, 0.29) is 10.5 Å². The molecule has 0 fully saturated rings. The number of fused-ring (bicyclic) bond motifs is 1. The number of nitrogens with one attached hydrogen (secondary N) is 2. The molecule has 1 atom stereocenters. The van der Waals surface area contributed by atoms with Gasteiger partial charge in [0.1, 0.15) is 19.0 Å². The molecule has 0 aromatic heterocycles. The Labute approximate surface area is 170 Å². The van der Waals surface area contributed by atoms with E-state index < -0.39 is 22.0 Å². The van der Waals surface area contributed by atoms with Crippen molar-refractivity contribution in [2.75, 3.05) is 26.9 Å². The van der Waals surface area contributed by atoms with E-state index in [1.54, 1.807) is 32.0 Å². The molecule has 2 aromatic rings. The molecule has 1 amide bonds. The summed E-state index contributed by atoms with van der Waals surface area (Å²) in [6, 6.07) is 8.96. The summed E-state index contributed by atoms with van der Waals surface area (Å²) in [6.45, 7) is 4.86. The second kappa shape index (κ2) is 8.71. The van der Waals surface area contributed by atoms with Crippen LogP contribution in [0.15, 0.2) is 41.3 Å². The maximum Gasteiger partial charge on any atom is 0.255 e. The number of hydrogen-bond acceptors (Lipinski definition) is 6. The number of amides is 1. The zero-order chi connectivity index (χ0) is 21.0. The van der Waals surface area contributed by atoms with E-state index in [1.165, 1.54) is 25.3 Å². The lowest BCUT2D eigenvalue weighted by molar-refractivity contribution is 0.0952. The molecule has 0 saturated heterocycles. The molecule has 29 heavy (non-hydrogen) atoms. The number of ether oxygens (including phenoxy) is 3.